The van der Waals surface area contributed by atoms with E-state index in [1.54, 1.807) is 0 Å². The highest BCUT2D eigenvalue weighted by Crippen LogP contribution is 2.13. The summed E-state index contributed by atoms with van der Waals surface area (Å²) in [6, 6.07) is 4.31. The third-order valence-corrected chi connectivity index (χ3v) is 2.41. The van der Waals surface area contributed by atoms with Gasteiger partial charge >= 0.3 is 5.69 Å². The van der Waals surface area contributed by atoms with Crippen molar-refractivity contribution in [2.75, 3.05) is 0 Å². The van der Waals surface area contributed by atoms with Gasteiger partial charge in [0, 0.05) is 6.54 Å². The number of rotatable bonds is 2. The van der Waals surface area contributed by atoms with Crippen molar-refractivity contribution in [3.05, 3.63) is 39.0 Å². The standard InChI is InChI=1S/C11H12N2O3/c1-2-5-13-10(15)8-6-7(14)3-4-9(8)12-11(13)16/h3-4,6,14H,2,5H2,1H3,(H,12,16). The Balaban J connectivity index is 2.85. The quantitative estimate of drug-likeness (QED) is 0.786. The molecule has 0 atom stereocenters. The van der Waals surface area contributed by atoms with E-state index in [1.165, 1.54) is 18.2 Å². The van der Waals surface area contributed by atoms with Crippen molar-refractivity contribution >= 4 is 10.9 Å². The molecule has 2 aromatic rings. The Bertz CT molecular complexity index is 640. The largest absolute Gasteiger partial charge is 0.508 e. The Hall–Kier alpha value is -2.04. The number of aromatic hydroxyl groups is 1. The molecule has 84 valence electrons. The molecule has 0 bridgehead atoms. The van der Waals surface area contributed by atoms with Crippen molar-refractivity contribution < 1.29 is 5.11 Å². The zero-order valence-corrected chi connectivity index (χ0v) is 8.86. The first-order valence-corrected chi connectivity index (χ1v) is 5.09. The summed E-state index contributed by atoms with van der Waals surface area (Å²) < 4.78 is 1.14. The third kappa shape index (κ3) is 1.60. The Kier molecular flexibility index (Phi) is 2.52. The second-order valence-corrected chi connectivity index (χ2v) is 3.62. The topological polar surface area (TPSA) is 75.1 Å². The Morgan fingerprint density at radius 1 is 1.38 bits per heavy atom. The van der Waals surface area contributed by atoms with Crippen molar-refractivity contribution in [3.8, 4) is 5.75 Å². The molecule has 2 rings (SSSR count). The zero-order chi connectivity index (χ0) is 11.7. The maximum Gasteiger partial charge on any atom is 0.328 e. The van der Waals surface area contributed by atoms with Crippen LogP contribution in [0.2, 0.25) is 0 Å². The first kappa shape index (κ1) is 10.5. The maximum absolute atomic E-state index is 11.9. The first-order chi connectivity index (χ1) is 7.63. The molecule has 5 heteroatoms. The summed E-state index contributed by atoms with van der Waals surface area (Å²) in [7, 11) is 0. The van der Waals surface area contributed by atoms with Crippen LogP contribution in [0.15, 0.2) is 27.8 Å². The van der Waals surface area contributed by atoms with Crippen LogP contribution in [-0.2, 0) is 6.54 Å². The fraction of sp³-hybridized carbons (Fsp3) is 0.273. The Morgan fingerprint density at radius 2 is 2.12 bits per heavy atom. The van der Waals surface area contributed by atoms with Crippen molar-refractivity contribution in [2.24, 2.45) is 0 Å². The number of hydrogen-bond acceptors (Lipinski definition) is 3. The minimum atomic E-state index is -0.412. The summed E-state index contributed by atoms with van der Waals surface area (Å²) in [5, 5.41) is 9.63. The van der Waals surface area contributed by atoms with Crippen molar-refractivity contribution in [3.63, 3.8) is 0 Å². The summed E-state index contributed by atoms with van der Waals surface area (Å²) >= 11 is 0. The molecule has 0 fully saturated rings. The monoisotopic (exact) mass is 220 g/mol. The van der Waals surface area contributed by atoms with Crippen molar-refractivity contribution in [1.82, 2.24) is 9.55 Å². The minimum Gasteiger partial charge on any atom is -0.508 e. The van der Waals surface area contributed by atoms with Crippen LogP contribution in [0.3, 0.4) is 0 Å². The van der Waals surface area contributed by atoms with Crippen LogP contribution in [0.4, 0.5) is 0 Å². The summed E-state index contributed by atoms with van der Waals surface area (Å²) in [5.41, 5.74) is -0.332. The predicted octanol–water partition coefficient (Wildman–Crippen LogP) is 0.805. The smallest absolute Gasteiger partial charge is 0.328 e. The molecule has 0 aliphatic heterocycles. The summed E-state index contributed by atoms with van der Waals surface area (Å²) in [6.07, 6.45) is 0.702. The van der Waals surface area contributed by atoms with Gasteiger partial charge in [0.15, 0.2) is 0 Å². The van der Waals surface area contributed by atoms with Gasteiger partial charge in [0.05, 0.1) is 10.9 Å². The molecular formula is C11H12N2O3. The lowest BCUT2D eigenvalue weighted by molar-refractivity contribution is 0.476. The minimum absolute atomic E-state index is 0.0136. The van der Waals surface area contributed by atoms with E-state index in [2.05, 4.69) is 4.98 Å². The van der Waals surface area contributed by atoms with Gasteiger partial charge in [-0.15, -0.1) is 0 Å². The molecule has 0 amide bonds. The SMILES string of the molecule is CCCn1c(=O)[nH]c2ccc(O)cc2c1=O. The van der Waals surface area contributed by atoms with Gasteiger partial charge in [-0.05, 0) is 24.6 Å². The van der Waals surface area contributed by atoms with E-state index in [1.807, 2.05) is 6.92 Å². The molecule has 0 unspecified atom stereocenters. The molecule has 0 aliphatic rings. The number of fused-ring (bicyclic) bond motifs is 1. The normalized spacial score (nSPS) is 10.8. The van der Waals surface area contributed by atoms with Gasteiger partial charge in [0.2, 0.25) is 0 Å². The molecule has 2 N–H and O–H groups in total. The van der Waals surface area contributed by atoms with Crippen molar-refractivity contribution in [1.29, 1.82) is 0 Å². The van der Waals surface area contributed by atoms with E-state index in [4.69, 9.17) is 0 Å². The van der Waals surface area contributed by atoms with E-state index < -0.39 is 5.69 Å². The van der Waals surface area contributed by atoms with Crippen LogP contribution in [0.1, 0.15) is 13.3 Å². The first-order valence-electron chi connectivity index (χ1n) is 5.09. The highest BCUT2D eigenvalue weighted by molar-refractivity contribution is 5.78. The number of hydrogen-bond donors (Lipinski definition) is 2. The fourth-order valence-corrected chi connectivity index (χ4v) is 1.67. The Labute approximate surface area is 91.0 Å². The molecule has 0 aliphatic carbocycles. The highest BCUT2D eigenvalue weighted by atomic mass is 16.3. The molecule has 1 aromatic carbocycles. The van der Waals surface area contributed by atoms with Gasteiger partial charge < -0.3 is 10.1 Å². The zero-order valence-electron chi connectivity index (χ0n) is 8.86. The maximum atomic E-state index is 11.9. The van der Waals surface area contributed by atoms with E-state index in [-0.39, 0.29) is 11.3 Å². The molecule has 1 heterocycles. The molecule has 0 saturated heterocycles. The highest BCUT2D eigenvalue weighted by Gasteiger charge is 2.06. The molecule has 5 nitrogen and oxygen atoms in total. The fourth-order valence-electron chi connectivity index (χ4n) is 1.67. The van der Waals surface area contributed by atoms with Crippen LogP contribution in [0.25, 0.3) is 10.9 Å². The van der Waals surface area contributed by atoms with E-state index in [9.17, 15) is 14.7 Å². The molecule has 0 saturated carbocycles. The van der Waals surface area contributed by atoms with Crippen LogP contribution < -0.4 is 11.2 Å². The number of benzene rings is 1. The second-order valence-electron chi connectivity index (χ2n) is 3.62. The molecule has 0 spiro atoms. The number of H-pyrrole nitrogens is 1. The van der Waals surface area contributed by atoms with E-state index in [0.717, 1.165) is 4.57 Å². The summed E-state index contributed by atoms with van der Waals surface area (Å²) in [5.74, 6) is 0.0136. The van der Waals surface area contributed by atoms with Crippen LogP contribution in [0, 0.1) is 0 Å². The molecular weight excluding hydrogens is 208 g/mol. The van der Waals surface area contributed by atoms with Gasteiger partial charge in [-0.3, -0.25) is 9.36 Å². The van der Waals surface area contributed by atoms with Crippen LogP contribution in [-0.4, -0.2) is 14.7 Å². The van der Waals surface area contributed by atoms with Gasteiger partial charge in [0.1, 0.15) is 5.75 Å². The van der Waals surface area contributed by atoms with E-state index >= 15 is 0 Å². The van der Waals surface area contributed by atoms with Gasteiger partial charge in [-0.2, -0.15) is 0 Å². The van der Waals surface area contributed by atoms with Gasteiger partial charge in [-0.25, -0.2) is 4.79 Å². The number of nitrogens with one attached hydrogen (secondary N) is 1. The third-order valence-electron chi connectivity index (χ3n) is 2.41. The van der Waals surface area contributed by atoms with E-state index in [0.29, 0.717) is 23.9 Å². The molecule has 0 radical (unpaired) electrons. The van der Waals surface area contributed by atoms with Crippen molar-refractivity contribution in [2.45, 2.75) is 19.9 Å². The summed E-state index contributed by atoms with van der Waals surface area (Å²) in [6.45, 7) is 2.26. The van der Waals surface area contributed by atoms with Gasteiger partial charge in [-0.1, -0.05) is 6.92 Å². The average Bonchev–Trinajstić information content (AvgIpc) is 2.26. The average molecular weight is 220 g/mol. The number of phenols is 1. The number of nitrogens with zero attached hydrogens (tertiary/aromatic N) is 1. The molecule has 16 heavy (non-hydrogen) atoms. The second kappa shape index (κ2) is 3.84. The predicted molar refractivity (Wildman–Crippen MR) is 60.8 cm³/mol. The lowest BCUT2D eigenvalue weighted by atomic mass is 10.2. The lowest BCUT2D eigenvalue weighted by Crippen LogP contribution is -2.34. The van der Waals surface area contributed by atoms with Crippen LogP contribution >= 0.6 is 0 Å². The van der Waals surface area contributed by atoms with Crippen LogP contribution in [0.5, 0.6) is 5.75 Å². The number of aromatic nitrogens is 2. The molecule has 1 aromatic heterocycles. The van der Waals surface area contributed by atoms with Gasteiger partial charge in [0.25, 0.3) is 5.56 Å². The summed E-state index contributed by atoms with van der Waals surface area (Å²) in [4.78, 5) is 26.1. The number of phenolic OH excluding ortho intramolecular Hbond substituents is 1. The lowest BCUT2D eigenvalue weighted by Gasteiger charge is -2.04. The number of aromatic amines is 1. The Morgan fingerprint density at radius 3 is 2.81 bits per heavy atom.